The van der Waals surface area contributed by atoms with Crippen LogP contribution in [0.15, 0.2) is 182 Å². The summed E-state index contributed by atoms with van der Waals surface area (Å²) in [7, 11) is 0. The van der Waals surface area contributed by atoms with Crippen molar-refractivity contribution in [3.63, 3.8) is 0 Å². The number of thiocarbonyl (C=S) groups is 1. The fraction of sp³-hybridized carbons (Fsp3) is 0.0816. The van der Waals surface area contributed by atoms with Crippen LogP contribution in [0.25, 0.3) is 16.0 Å². The van der Waals surface area contributed by atoms with Crippen molar-refractivity contribution in [1.82, 2.24) is 10.2 Å². The largest absolute Gasteiger partial charge is 0.753 e. The zero-order valence-corrected chi connectivity index (χ0v) is 35.4. The number of hydrogen-bond donors (Lipinski definition) is 1. The van der Waals surface area contributed by atoms with Crippen LogP contribution in [0, 0.1) is 0 Å². The SMILES string of the molecule is FC(F)(F)c1cccc(Oc2ccc(Nc3nnc(-c4cc(OCc5ccccc5)cc(OCc5ccccc5)c4)s3)cc2)c1.FC(F)(F)c1cccc(Oc2ccccc2)c1.[N-]=C=S. The van der Waals surface area contributed by atoms with Crippen LogP contribution >= 0.6 is 23.6 Å². The molecule has 7 aromatic carbocycles. The Balaban J connectivity index is 0.000000291. The number of rotatable bonds is 13. The average Bonchev–Trinajstić information content (AvgIpc) is 3.78. The highest BCUT2D eigenvalue weighted by molar-refractivity contribution is 7.78. The van der Waals surface area contributed by atoms with E-state index in [0.29, 0.717) is 52.0 Å². The molecule has 8 nitrogen and oxygen atoms in total. The lowest BCUT2D eigenvalue weighted by Crippen LogP contribution is -2.04. The minimum atomic E-state index is -4.44. The summed E-state index contributed by atoms with van der Waals surface area (Å²) in [5.74, 6) is 2.45. The molecule has 0 saturated heterocycles. The van der Waals surface area contributed by atoms with Gasteiger partial charge in [-0.2, -0.15) is 31.5 Å². The summed E-state index contributed by atoms with van der Waals surface area (Å²) in [5.41, 5.74) is 2.10. The minimum absolute atomic E-state index is 0.0985. The summed E-state index contributed by atoms with van der Waals surface area (Å²) in [6.45, 7) is 0.803. The predicted molar refractivity (Wildman–Crippen MR) is 242 cm³/mol. The zero-order chi connectivity index (χ0) is 46.1. The highest BCUT2D eigenvalue weighted by Crippen LogP contribution is 2.37. The molecule has 8 aromatic rings. The maximum atomic E-state index is 13.0. The molecule has 0 aliphatic heterocycles. The molecule has 1 heterocycles. The first kappa shape index (κ1) is 47.0. The third-order valence-corrected chi connectivity index (χ3v) is 9.58. The first-order valence-corrected chi connectivity index (χ1v) is 20.5. The number of isothiocyanates is 1. The molecule has 330 valence electrons. The number of ether oxygens (including phenoxy) is 4. The Morgan fingerprint density at radius 3 is 1.40 bits per heavy atom. The van der Waals surface area contributed by atoms with Crippen LogP contribution < -0.4 is 24.3 Å². The Hall–Kier alpha value is -7.52. The molecule has 0 amide bonds. The monoisotopic (exact) mass is 921 g/mol. The van der Waals surface area contributed by atoms with E-state index in [4.69, 9.17) is 24.4 Å². The maximum absolute atomic E-state index is 13.0. The van der Waals surface area contributed by atoms with Crippen LogP contribution in [0.5, 0.6) is 34.5 Å². The molecule has 0 saturated carbocycles. The van der Waals surface area contributed by atoms with Gasteiger partial charge in [-0.25, -0.2) is 0 Å². The lowest BCUT2D eigenvalue weighted by molar-refractivity contribution is -0.138. The van der Waals surface area contributed by atoms with Gasteiger partial charge in [0.1, 0.15) is 52.7 Å². The molecule has 65 heavy (non-hydrogen) atoms. The van der Waals surface area contributed by atoms with Gasteiger partial charge in [0, 0.05) is 17.3 Å². The topological polar surface area (TPSA) is 97.0 Å². The summed E-state index contributed by atoms with van der Waals surface area (Å²) in [5, 5.41) is 21.6. The van der Waals surface area contributed by atoms with Gasteiger partial charge in [-0.15, -0.1) is 10.2 Å². The number of nitrogens with zero attached hydrogens (tertiary/aromatic N) is 3. The van der Waals surface area contributed by atoms with Gasteiger partial charge in [-0.3, -0.25) is 0 Å². The van der Waals surface area contributed by atoms with Crippen molar-refractivity contribution in [3.8, 4) is 45.1 Å². The molecular weight excluding hydrogens is 887 g/mol. The molecule has 0 spiro atoms. The van der Waals surface area contributed by atoms with Crippen LogP contribution in [-0.4, -0.2) is 15.4 Å². The standard InChI is InChI=1S/C35H26F3N3O3S.C13H9F3O.CNS/c36-35(37,38)27-12-7-13-30(20-27)44-29-16-14-28(15-17-29)39-34-41-40-33(45-34)26-18-31(42-22-24-8-3-1-4-9-24)21-32(19-26)43-23-25-10-5-2-6-11-25;14-13(15,16)10-5-4-8-12(9-10)17-11-6-2-1-3-7-11;2-1-3/h1-21H,22-23H2,(H,39,41);1-9H;/q;;-1. The van der Waals surface area contributed by atoms with Crippen molar-refractivity contribution in [2.75, 3.05) is 5.32 Å². The predicted octanol–water partition coefficient (Wildman–Crippen LogP) is 15.1. The van der Waals surface area contributed by atoms with Gasteiger partial charge in [-0.05, 0) is 96.1 Å². The highest BCUT2D eigenvalue weighted by atomic mass is 32.1. The van der Waals surface area contributed by atoms with E-state index in [1.807, 2.05) is 78.9 Å². The molecule has 1 aromatic heterocycles. The van der Waals surface area contributed by atoms with E-state index in [1.54, 1.807) is 54.6 Å². The molecule has 0 bridgehead atoms. The van der Waals surface area contributed by atoms with Crippen molar-refractivity contribution < 1.29 is 45.3 Å². The average molecular weight is 922 g/mol. The van der Waals surface area contributed by atoms with Gasteiger partial charge in [-0.1, -0.05) is 115 Å². The molecule has 8 rings (SSSR count). The fourth-order valence-corrected chi connectivity index (χ4v) is 6.45. The van der Waals surface area contributed by atoms with Crippen LogP contribution in [0.3, 0.4) is 0 Å². The van der Waals surface area contributed by atoms with Crippen LogP contribution in [-0.2, 0) is 25.6 Å². The van der Waals surface area contributed by atoms with Gasteiger partial charge in [0.25, 0.3) is 0 Å². The van der Waals surface area contributed by atoms with E-state index in [2.05, 4.69) is 27.7 Å². The number of benzene rings is 7. The first-order valence-electron chi connectivity index (χ1n) is 19.3. The Bertz CT molecular complexity index is 2690. The summed E-state index contributed by atoms with van der Waals surface area (Å²) in [4.78, 5) is 0. The highest BCUT2D eigenvalue weighted by Gasteiger charge is 2.31. The number of para-hydroxylation sites is 1. The number of anilines is 2. The van der Waals surface area contributed by atoms with Gasteiger partial charge in [0.15, 0.2) is 0 Å². The van der Waals surface area contributed by atoms with E-state index < -0.39 is 23.5 Å². The molecule has 0 atom stereocenters. The number of aromatic nitrogens is 2. The van der Waals surface area contributed by atoms with Crippen LogP contribution in [0.4, 0.5) is 37.2 Å². The Labute approximate surface area is 379 Å². The minimum Gasteiger partial charge on any atom is -0.753 e. The van der Waals surface area contributed by atoms with Gasteiger partial charge < -0.3 is 29.7 Å². The van der Waals surface area contributed by atoms with Gasteiger partial charge in [0.05, 0.1) is 11.1 Å². The van der Waals surface area contributed by atoms with Crippen LogP contribution in [0.1, 0.15) is 22.3 Å². The third kappa shape index (κ3) is 15.1. The van der Waals surface area contributed by atoms with Crippen molar-refractivity contribution in [2.24, 2.45) is 0 Å². The summed E-state index contributed by atoms with van der Waals surface area (Å²) in [6.07, 6.45) is -8.79. The van der Waals surface area contributed by atoms with Gasteiger partial charge >= 0.3 is 12.4 Å². The summed E-state index contributed by atoms with van der Waals surface area (Å²) in [6, 6.07) is 50.5. The normalized spacial score (nSPS) is 10.8. The molecule has 0 unspecified atom stereocenters. The van der Waals surface area contributed by atoms with E-state index in [9.17, 15) is 26.3 Å². The number of hydrogen-bond acceptors (Lipinski definition) is 9. The molecule has 0 aliphatic rings. The van der Waals surface area contributed by atoms with E-state index in [1.165, 1.54) is 40.8 Å². The molecular formula is C49H35F6N4O4S2-. The zero-order valence-electron chi connectivity index (χ0n) is 33.8. The Morgan fingerprint density at radius 1 is 0.508 bits per heavy atom. The number of nitrogens with one attached hydrogen (secondary N) is 1. The molecule has 16 heteroatoms. The number of alkyl halides is 6. The van der Waals surface area contributed by atoms with Crippen molar-refractivity contribution in [1.29, 1.82) is 0 Å². The van der Waals surface area contributed by atoms with E-state index in [-0.39, 0.29) is 11.5 Å². The van der Waals surface area contributed by atoms with Crippen molar-refractivity contribution in [3.05, 3.63) is 210 Å². The third-order valence-electron chi connectivity index (χ3n) is 8.69. The number of halogens is 6. The van der Waals surface area contributed by atoms with E-state index >= 15 is 0 Å². The first-order chi connectivity index (χ1) is 31.3. The fourth-order valence-electron chi connectivity index (χ4n) is 5.70. The Kier molecular flexibility index (Phi) is 16.4. The van der Waals surface area contributed by atoms with Crippen molar-refractivity contribution in [2.45, 2.75) is 25.6 Å². The quantitative estimate of drug-likeness (QED) is 0.0694. The molecule has 0 radical (unpaired) electrons. The Morgan fingerprint density at radius 2 is 0.938 bits per heavy atom. The van der Waals surface area contributed by atoms with E-state index in [0.717, 1.165) is 41.0 Å². The lowest BCUT2D eigenvalue weighted by atomic mass is 10.2. The van der Waals surface area contributed by atoms with Gasteiger partial charge in [0.2, 0.25) is 5.13 Å². The molecule has 0 fully saturated rings. The summed E-state index contributed by atoms with van der Waals surface area (Å²) >= 11 is 5.05. The molecule has 1 N–H and O–H groups in total. The van der Waals surface area contributed by atoms with Crippen LogP contribution in [0.2, 0.25) is 0 Å². The maximum Gasteiger partial charge on any atom is 0.416 e. The molecule has 0 aliphatic carbocycles. The smallest absolute Gasteiger partial charge is 0.416 e. The second-order valence-electron chi connectivity index (χ2n) is 13.5. The summed E-state index contributed by atoms with van der Waals surface area (Å²) < 4.78 is 99.6. The lowest BCUT2D eigenvalue weighted by Gasteiger charge is -2.12. The second kappa shape index (κ2) is 22.7. The van der Waals surface area contributed by atoms with Crippen molar-refractivity contribution >= 4 is 39.5 Å². The second-order valence-corrected chi connectivity index (χ2v) is 14.6.